The quantitative estimate of drug-likeness (QED) is 0.921. The zero-order valence-corrected chi connectivity index (χ0v) is 11.6. The van der Waals surface area contributed by atoms with Crippen LogP contribution in [0.25, 0.3) is 0 Å². The predicted octanol–water partition coefficient (Wildman–Crippen LogP) is 3.70. The molecule has 0 atom stereocenters. The number of aromatic nitrogens is 1. The Labute approximate surface area is 121 Å². The molecule has 0 saturated heterocycles. The number of para-hydroxylation sites is 2. The van der Waals surface area contributed by atoms with E-state index < -0.39 is 12.5 Å². The Morgan fingerprint density at radius 2 is 2.00 bits per heavy atom. The van der Waals surface area contributed by atoms with Crippen LogP contribution in [0.15, 0.2) is 47.1 Å². The number of anilines is 1. The fourth-order valence-electron chi connectivity index (χ4n) is 1.47. The first-order valence-electron chi connectivity index (χ1n) is 5.53. The summed E-state index contributed by atoms with van der Waals surface area (Å²) >= 11 is 3.20. The molecule has 1 N–H and O–H groups in total. The molecule has 0 unspecified atom stereocenters. The number of nitrogens with zero attached hydrogens (tertiary/aromatic N) is 1. The molecule has 1 aromatic carbocycles. The Morgan fingerprint density at radius 3 is 2.65 bits per heavy atom. The third-order valence-corrected chi connectivity index (χ3v) is 2.78. The number of rotatable bonds is 4. The number of hydrogen-bond donors (Lipinski definition) is 1. The van der Waals surface area contributed by atoms with Gasteiger partial charge in [-0.25, -0.2) is 4.98 Å². The SMILES string of the molecule is O=C(Nc1ccccc1OC(F)F)c1ccc(Br)cn1. The largest absolute Gasteiger partial charge is 0.433 e. The van der Waals surface area contributed by atoms with Crippen LogP contribution in [0.4, 0.5) is 14.5 Å². The normalized spacial score (nSPS) is 10.4. The number of halogens is 3. The van der Waals surface area contributed by atoms with Gasteiger partial charge in [0.1, 0.15) is 11.4 Å². The monoisotopic (exact) mass is 342 g/mol. The summed E-state index contributed by atoms with van der Waals surface area (Å²) < 4.78 is 29.6. The van der Waals surface area contributed by atoms with E-state index in [1.54, 1.807) is 12.1 Å². The summed E-state index contributed by atoms with van der Waals surface area (Å²) in [7, 11) is 0. The third kappa shape index (κ3) is 3.74. The van der Waals surface area contributed by atoms with Crippen molar-refractivity contribution in [2.75, 3.05) is 5.32 Å². The van der Waals surface area contributed by atoms with E-state index >= 15 is 0 Å². The standard InChI is InChI=1S/C13H9BrF2N2O2/c14-8-5-6-10(17-7-8)12(19)18-9-3-1-2-4-11(9)20-13(15)16/h1-7,13H,(H,18,19). The highest BCUT2D eigenvalue weighted by Gasteiger charge is 2.13. The molecule has 0 saturated carbocycles. The molecule has 0 fully saturated rings. The number of ether oxygens (including phenoxy) is 1. The van der Waals surface area contributed by atoms with Gasteiger partial charge in [-0.1, -0.05) is 12.1 Å². The summed E-state index contributed by atoms with van der Waals surface area (Å²) in [5, 5.41) is 2.48. The van der Waals surface area contributed by atoms with Crippen molar-refractivity contribution < 1.29 is 18.3 Å². The number of nitrogens with one attached hydrogen (secondary N) is 1. The van der Waals surface area contributed by atoms with E-state index in [0.29, 0.717) is 0 Å². The second-order valence-corrected chi connectivity index (χ2v) is 4.61. The Balaban J connectivity index is 2.17. The fraction of sp³-hybridized carbons (Fsp3) is 0.0769. The molecular weight excluding hydrogens is 334 g/mol. The molecule has 4 nitrogen and oxygen atoms in total. The predicted molar refractivity (Wildman–Crippen MR) is 73.0 cm³/mol. The minimum atomic E-state index is -2.96. The molecule has 104 valence electrons. The molecule has 0 aliphatic carbocycles. The van der Waals surface area contributed by atoms with Crippen molar-refractivity contribution in [3.8, 4) is 5.75 Å². The molecule has 2 aromatic rings. The van der Waals surface area contributed by atoms with Gasteiger partial charge in [-0.2, -0.15) is 8.78 Å². The molecule has 1 amide bonds. The smallest absolute Gasteiger partial charge is 0.387 e. The van der Waals surface area contributed by atoms with E-state index in [0.717, 1.165) is 4.47 Å². The molecule has 0 bridgehead atoms. The van der Waals surface area contributed by atoms with Gasteiger partial charge in [-0.3, -0.25) is 4.79 Å². The van der Waals surface area contributed by atoms with Crippen molar-refractivity contribution in [1.29, 1.82) is 0 Å². The Hall–Kier alpha value is -2.02. The van der Waals surface area contributed by atoms with E-state index in [9.17, 15) is 13.6 Å². The van der Waals surface area contributed by atoms with Crippen LogP contribution in [0.1, 0.15) is 10.5 Å². The molecular formula is C13H9BrF2N2O2. The summed E-state index contributed by atoms with van der Waals surface area (Å²) in [6.07, 6.45) is 1.47. The molecule has 1 aromatic heterocycles. The zero-order valence-electron chi connectivity index (χ0n) is 10.0. The highest BCUT2D eigenvalue weighted by Crippen LogP contribution is 2.25. The second kappa shape index (κ2) is 6.42. The number of amides is 1. The minimum absolute atomic E-state index is 0.104. The summed E-state index contributed by atoms with van der Waals surface area (Å²) in [4.78, 5) is 15.8. The summed E-state index contributed by atoms with van der Waals surface area (Å²) in [5.74, 6) is -0.615. The molecule has 0 aliphatic heterocycles. The number of carbonyl (C=O) groups is 1. The van der Waals surface area contributed by atoms with E-state index in [-0.39, 0.29) is 17.1 Å². The Kier molecular flexibility index (Phi) is 4.62. The van der Waals surface area contributed by atoms with Gasteiger partial charge < -0.3 is 10.1 Å². The van der Waals surface area contributed by atoms with E-state index in [2.05, 4.69) is 31.0 Å². The van der Waals surface area contributed by atoms with Crippen molar-refractivity contribution >= 4 is 27.5 Å². The van der Waals surface area contributed by atoms with Gasteiger partial charge in [0.25, 0.3) is 5.91 Å². The minimum Gasteiger partial charge on any atom is -0.433 e. The maximum absolute atomic E-state index is 12.3. The average Bonchev–Trinajstić information content (AvgIpc) is 2.41. The van der Waals surface area contributed by atoms with Crippen LogP contribution in [-0.4, -0.2) is 17.5 Å². The number of benzene rings is 1. The van der Waals surface area contributed by atoms with E-state index in [4.69, 9.17) is 0 Å². The highest BCUT2D eigenvalue weighted by molar-refractivity contribution is 9.10. The molecule has 7 heteroatoms. The molecule has 20 heavy (non-hydrogen) atoms. The maximum atomic E-state index is 12.3. The fourth-order valence-corrected chi connectivity index (χ4v) is 1.70. The van der Waals surface area contributed by atoms with Gasteiger partial charge in [0, 0.05) is 10.7 Å². The number of pyridine rings is 1. The Bertz CT molecular complexity index is 606. The maximum Gasteiger partial charge on any atom is 0.387 e. The van der Waals surface area contributed by atoms with Crippen LogP contribution in [-0.2, 0) is 0 Å². The van der Waals surface area contributed by atoms with Gasteiger partial charge >= 0.3 is 6.61 Å². The van der Waals surface area contributed by atoms with Crippen molar-refractivity contribution in [2.45, 2.75) is 6.61 Å². The first-order chi connectivity index (χ1) is 9.56. The lowest BCUT2D eigenvalue weighted by atomic mass is 10.2. The molecule has 0 radical (unpaired) electrons. The molecule has 1 heterocycles. The van der Waals surface area contributed by atoms with Gasteiger partial charge in [-0.05, 0) is 40.2 Å². The lowest BCUT2D eigenvalue weighted by Crippen LogP contribution is -2.15. The topological polar surface area (TPSA) is 51.2 Å². The van der Waals surface area contributed by atoms with Crippen LogP contribution >= 0.6 is 15.9 Å². The molecule has 0 spiro atoms. The summed E-state index contributed by atoms with van der Waals surface area (Å²) in [5.41, 5.74) is 0.322. The van der Waals surface area contributed by atoms with Gasteiger partial charge in [0.05, 0.1) is 5.69 Å². The van der Waals surface area contributed by atoms with Crippen LogP contribution in [0.3, 0.4) is 0 Å². The van der Waals surface area contributed by atoms with Crippen LogP contribution in [0.5, 0.6) is 5.75 Å². The number of alkyl halides is 2. The van der Waals surface area contributed by atoms with Crippen molar-refractivity contribution in [3.63, 3.8) is 0 Å². The lowest BCUT2D eigenvalue weighted by Gasteiger charge is -2.11. The summed E-state index contributed by atoms with van der Waals surface area (Å²) in [6.45, 7) is -2.96. The summed E-state index contributed by atoms with van der Waals surface area (Å²) in [6, 6.07) is 9.11. The first kappa shape index (κ1) is 14.4. The van der Waals surface area contributed by atoms with Crippen LogP contribution in [0, 0.1) is 0 Å². The first-order valence-corrected chi connectivity index (χ1v) is 6.32. The van der Waals surface area contributed by atoms with Gasteiger partial charge in [0.15, 0.2) is 0 Å². The lowest BCUT2D eigenvalue weighted by molar-refractivity contribution is -0.0493. The average molecular weight is 343 g/mol. The van der Waals surface area contributed by atoms with Crippen LogP contribution in [0.2, 0.25) is 0 Å². The molecule has 2 rings (SSSR count). The van der Waals surface area contributed by atoms with Gasteiger partial charge in [-0.15, -0.1) is 0 Å². The zero-order chi connectivity index (χ0) is 14.5. The molecule has 0 aliphatic rings. The van der Waals surface area contributed by atoms with E-state index in [1.807, 2.05) is 0 Å². The van der Waals surface area contributed by atoms with Crippen molar-refractivity contribution in [2.24, 2.45) is 0 Å². The Morgan fingerprint density at radius 1 is 1.25 bits per heavy atom. The van der Waals surface area contributed by atoms with Crippen molar-refractivity contribution in [3.05, 3.63) is 52.8 Å². The number of hydrogen-bond acceptors (Lipinski definition) is 3. The third-order valence-electron chi connectivity index (χ3n) is 2.31. The second-order valence-electron chi connectivity index (χ2n) is 3.69. The number of carbonyl (C=O) groups excluding carboxylic acids is 1. The van der Waals surface area contributed by atoms with Crippen LogP contribution < -0.4 is 10.1 Å². The highest BCUT2D eigenvalue weighted by atomic mass is 79.9. The van der Waals surface area contributed by atoms with Crippen molar-refractivity contribution in [1.82, 2.24) is 4.98 Å². The van der Waals surface area contributed by atoms with E-state index in [1.165, 1.54) is 30.5 Å². The van der Waals surface area contributed by atoms with Gasteiger partial charge in [0.2, 0.25) is 0 Å².